The van der Waals surface area contributed by atoms with E-state index in [1.54, 1.807) is 5.56 Å². The molecule has 110 valence electrons. The van der Waals surface area contributed by atoms with Crippen molar-refractivity contribution in [2.24, 2.45) is 5.92 Å². The van der Waals surface area contributed by atoms with Crippen molar-refractivity contribution in [1.29, 1.82) is 0 Å². The fourth-order valence-electron chi connectivity index (χ4n) is 4.19. The zero-order valence-electron chi connectivity index (χ0n) is 12.5. The predicted molar refractivity (Wildman–Crippen MR) is 81.9 cm³/mol. The fraction of sp³-hybridized carbons (Fsp3) is 0.611. The molecule has 1 aromatic carbocycles. The Morgan fingerprint density at radius 3 is 2.05 bits per heavy atom. The van der Waals surface area contributed by atoms with Gasteiger partial charge in [0.15, 0.2) is 0 Å². The number of carbonyl (C=O) groups is 1. The first-order valence-electron chi connectivity index (χ1n) is 7.90. The van der Waals surface area contributed by atoms with Gasteiger partial charge in [-0.1, -0.05) is 56.0 Å². The average Bonchev–Trinajstić information content (AvgIpc) is 3.11. The van der Waals surface area contributed by atoms with Gasteiger partial charge in [-0.15, -0.1) is 0 Å². The van der Waals surface area contributed by atoms with Crippen molar-refractivity contribution < 1.29 is 9.90 Å². The second-order valence-corrected chi connectivity index (χ2v) is 6.23. The lowest BCUT2D eigenvalue weighted by Crippen LogP contribution is -2.30. The third kappa shape index (κ3) is 3.41. The molecule has 2 fully saturated rings. The molecule has 0 radical (unpaired) electrons. The van der Waals surface area contributed by atoms with Crippen molar-refractivity contribution in [2.45, 2.75) is 63.7 Å². The molecule has 0 heterocycles. The highest BCUT2D eigenvalue weighted by Crippen LogP contribution is 2.51. The minimum absolute atomic E-state index is 0.567. The van der Waals surface area contributed by atoms with Gasteiger partial charge in [0, 0.05) is 6.92 Å². The topological polar surface area (TPSA) is 37.3 Å². The van der Waals surface area contributed by atoms with E-state index in [1.165, 1.54) is 51.4 Å². The van der Waals surface area contributed by atoms with Gasteiger partial charge < -0.3 is 5.11 Å². The molecule has 0 amide bonds. The van der Waals surface area contributed by atoms with Crippen LogP contribution in [0.3, 0.4) is 0 Å². The maximum Gasteiger partial charge on any atom is 0.300 e. The van der Waals surface area contributed by atoms with Crippen molar-refractivity contribution in [3.05, 3.63) is 35.9 Å². The summed E-state index contributed by atoms with van der Waals surface area (Å²) in [5.41, 5.74) is 2.21. The Morgan fingerprint density at radius 1 is 1.05 bits per heavy atom. The van der Waals surface area contributed by atoms with Crippen LogP contribution in [0.1, 0.15) is 63.9 Å². The minimum Gasteiger partial charge on any atom is -0.481 e. The molecule has 0 bridgehead atoms. The van der Waals surface area contributed by atoms with Crippen molar-refractivity contribution in [2.75, 3.05) is 0 Å². The molecule has 2 saturated carbocycles. The van der Waals surface area contributed by atoms with Gasteiger partial charge in [0.05, 0.1) is 0 Å². The normalized spacial score (nSPS) is 21.2. The van der Waals surface area contributed by atoms with Gasteiger partial charge in [-0.05, 0) is 42.6 Å². The zero-order valence-corrected chi connectivity index (χ0v) is 12.5. The first kappa shape index (κ1) is 15.1. The molecule has 0 unspecified atom stereocenters. The van der Waals surface area contributed by atoms with Crippen LogP contribution in [0, 0.1) is 5.92 Å². The van der Waals surface area contributed by atoms with E-state index in [-0.39, 0.29) is 0 Å². The van der Waals surface area contributed by atoms with E-state index < -0.39 is 5.97 Å². The number of hydrogen-bond donors (Lipinski definition) is 1. The van der Waals surface area contributed by atoms with E-state index in [0.29, 0.717) is 5.41 Å². The second-order valence-electron chi connectivity index (χ2n) is 6.23. The molecule has 2 heteroatoms. The summed E-state index contributed by atoms with van der Waals surface area (Å²) >= 11 is 0. The highest BCUT2D eigenvalue weighted by molar-refractivity contribution is 5.62. The molecular formula is C18H26O2. The summed E-state index contributed by atoms with van der Waals surface area (Å²) in [5.74, 6) is 0.150. The van der Waals surface area contributed by atoms with E-state index >= 15 is 0 Å². The van der Waals surface area contributed by atoms with Crippen LogP contribution in [0.25, 0.3) is 0 Å². The Morgan fingerprint density at radius 2 is 1.55 bits per heavy atom. The van der Waals surface area contributed by atoms with Crippen molar-refractivity contribution in [3.8, 4) is 0 Å². The van der Waals surface area contributed by atoms with Crippen LogP contribution in [-0.2, 0) is 10.2 Å². The lowest BCUT2D eigenvalue weighted by molar-refractivity contribution is -0.134. The smallest absolute Gasteiger partial charge is 0.300 e. The quantitative estimate of drug-likeness (QED) is 0.842. The Labute approximate surface area is 122 Å². The lowest BCUT2D eigenvalue weighted by Gasteiger charge is -2.36. The third-order valence-corrected chi connectivity index (χ3v) is 4.98. The van der Waals surface area contributed by atoms with Crippen LogP contribution < -0.4 is 0 Å². The van der Waals surface area contributed by atoms with Crippen molar-refractivity contribution in [3.63, 3.8) is 0 Å². The minimum atomic E-state index is -0.833. The third-order valence-electron chi connectivity index (χ3n) is 4.98. The molecule has 2 nitrogen and oxygen atoms in total. The molecule has 2 aliphatic rings. The van der Waals surface area contributed by atoms with E-state index in [1.807, 2.05) is 0 Å². The number of rotatable bonds is 2. The summed E-state index contributed by atoms with van der Waals surface area (Å²) in [5, 5.41) is 7.42. The molecule has 0 aromatic heterocycles. The SMILES string of the molecule is CC(=O)O.c1ccc(C2(C3CCCC3)CCCC2)cc1. The molecule has 0 aliphatic heterocycles. The van der Waals surface area contributed by atoms with Crippen LogP contribution in [0.4, 0.5) is 0 Å². The Hall–Kier alpha value is -1.31. The van der Waals surface area contributed by atoms with Crippen molar-refractivity contribution in [1.82, 2.24) is 0 Å². The highest BCUT2D eigenvalue weighted by atomic mass is 16.4. The summed E-state index contributed by atoms with van der Waals surface area (Å²) in [7, 11) is 0. The summed E-state index contributed by atoms with van der Waals surface area (Å²) in [6.45, 7) is 1.08. The lowest BCUT2D eigenvalue weighted by atomic mass is 9.68. The zero-order chi connectivity index (χ0) is 14.4. The molecule has 20 heavy (non-hydrogen) atoms. The predicted octanol–water partition coefficient (Wildman–Crippen LogP) is 4.78. The van der Waals surface area contributed by atoms with Crippen LogP contribution in [-0.4, -0.2) is 11.1 Å². The number of benzene rings is 1. The molecule has 3 rings (SSSR count). The molecule has 2 aliphatic carbocycles. The first-order chi connectivity index (χ1) is 9.65. The van der Waals surface area contributed by atoms with Gasteiger partial charge in [-0.25, -0.2) is 0 Å². The van der Waals surface area contributed by atoms with E-state index in [0.717, 1.165) is 12.8 Å². The molecular weight excluding hydrogens is 248 g/mol. The van der Waals surface area contributed by atoms with Gasteiger partial charge in [-0.2, -0.15) is 0 Å². The van der Waals surface area contributed by atoms with Crippen LogP contribution in [0.15, 0.2) is 30.3 Å². The monoisotopic (exact) mass is 274 g/mol. The second kappa shape index (κ2) is 6.92. The Kier molecular flexibility index (Phi) is 5.22. The highest BCUT2D eigenvalue weighted by Gasteiger charge is 2.43. The Bertz CT molecular complexity index is 408. The number of carboxylic acids is 1. The summed E-state index contributed by atoms with van der Waals surface area (Å²) in [6, 6.07) is 11.4. The molecule has 0 saturated heterocycles. The summed E-state index contributed by atoms with van der Waals surface area (Å²) < 4.78 is 0. The number of aliphatic carboxylic acids is 1. The van der Waals surface area contributed by atoms with Crippen LogP contribution >= 0.6 is 0 Å². The van der Waals surface area contributed by atoms with Gasteiger partial charge in [0.1, 0.15) is 0 Å². The maximum absolute atomic E-state index is 9.00. The number of hydrogen-bond acceptors (Lipinski definition) is 1. The standard InChI is InChI=1S/C16H22.C2H4O2/c1-2-8-14(9-3-1)16(12-6-7-13-16)15-10-4-5-11-15;1-2(3)4/h1-3,8-9,15H,4-7,10-13H2;1H3,(H,3,4). The number of carboxylic acid groups (broad SMARTS) is 1. The van der Waals surface area contributed by atoms with E-state index in [2.05, 4.69) is 30.3 Å². The first-order valence-corrected chi connectivity index (χ1v) is 7.90. The van der Waals surface area contributed by atoms with Crippen LogP contribution in [0.5, 0.6) is 0 Å². The summed E-state index contributed by atoms with van der Waals surface area (Å²) in [4.78, 5) is 9.00. The fourth-order valence-corrected chi connectivity index (χ4v) is 4.19. The van der Waals surface area contributed by atoms with Crippen LogP contribution in [0.2, 0.25) is 0 Å². The van der Waals surface area contributed by atoms with Gasteiger partial charge in [-0.3, -0.25) is 4.79 Å². The van der Waals surface area contributed by atoms with Gasteiger partial charge in [0.2, 0.25) is 0 Å². The Balaban J connectivity index is 0.000000328. The maximum atomic E-state index is 9.00. The average molecular weight is 274 g/mol. The summed E-state index contributed by atoms with van der Waals surface area (Å²) in [6.07, 6.45) is 11.7. The molecule has 1 N–H and O–H groups in total. The van der Waals surface area contributed by atoms with E-state index in [9.17, 15) is 0 Å². The molecule has 0 spiro atoms. The largest absolute Gasteiger partial charge is 0.481 e. The molecule has 0 atom stereocenters. The van der Waals surface area contributed by atoms with Gasteiger partial charge in [0.25, 0.3) is 5.97 Å². The van der Waals surface area contributed by atoms with Crippen molar-refractivity contribution >= 4 is 5.97 Å². The molecule has 1 aromatic rings. The van der Waals surface area contributed by atoms with E-state index in [4.69, 9.17) is 9.90 Å². The van der Waals surface area contributed by atoms with Gasteiger partial charge >= 0.3 is 0 Å².